The molecule has 0 radical (unpaired) electrons. The van der Waals surface area contributed by atoms with Gasteiger partial charge in [0.15, 0.2) is 5.82 Å². The van der Waals surface area contributed by atoms with E-state index in [1.807, 2.05) is 0 Å². The molecular formula is C17H23N3. The van der Waals surface area contributed by atoms with Crippen molar-refractivity contribution in [1.29, 1.82) is 0 Å². The topological polar surface area (TPSA) is 37.8 Å². The summed E-state index contributed by atoms with van der Waals surface area (Å²) in [6.07, 6.45) is 1.08. The van der Waals surface area contributed by atoms with E-state index in [2.05, 4.69) is 68.3 Å². The van der Waals surface area contributed by atoms with Crippen molar-refractivity contribution in [3.05, 3.63) is 40.5 Å². The summed E-state index contributed by atoms with van der Waals surface area (Å²) in [4.78, 5) is 0. The van der Waals surface area contributed by atoms with Crippen LogP contribution in [-0.4, -0.2) is 16.7 Å². The van der Waals surface area contributed by atoms with E-state index in [9.17, 15) is 0 Å². The monoisotopic (exact) mass is 269 g/mol. The zero-order valence-electron chi connectivity index (χ0n) is 13.0. The molecule has 0 spiro atoms. The molecule has 3 nitrogen and oxygen atoms in total. The lowest BCUT2D eigenvalue weighted by Crippen LogP contribution is -2.07. The summed E-state index contributed by atoms with van der Waals surface area (Å²) in [5.74, 6) is 0.900. The van der Waals surface area contributed by atoms with Crippen molar-refractivity contribution in [3.8, 4) is 11.3 Å². The van der Waals surface area contributed by atoms with Gasteiger partial charge in [-0.2, -0.15) is 0 Å². The number of rotatable bonds is 4. The molecular weight excluding hydrogens is 246 g/mol. The van der Waals surface area contributed by atoms with Crippen molar-refractivity contribution in [2.75, 3.05) is 11.9 Å². The summed E-state index contributed by atoms with van der Waals surface area (Å²) in [5, 5.41) is 12.1. The summed E-state index contributed by atoms with van der Waals surface area (Å²) >= 11 is 0. The second-order valence-electron chi connectivity index (χ2n) is 5.37. The Kier molecular flexibility index (Phi) is 4.38. The molecule has 0 bridgehead atoms. The highest BCUT2D eigenvalue weighted by Crippen LogP contribution is 2.27. The van der Waals surface area contributed by atoms with E-state index >= 15 is 0 Å². The third kappa shape index (κ3) is 2.82. The van der Waals surface area contributed by atoms with Gasteiger partial charge in [-0.3, -0.25) is 0 Å². The van der Waals surface area contributed by atoms with E-state index in [-0.39, 0.29) is 0 Å². The maximum Gasteiger partial charge on any atom is 0.151 e. The van der Waals surface area contributed by atoms with Gasteiger partial charge in [0, 0.05) is 12.1 Å². The molecule has 2 rings (SSSR count). The molecule has 0 saturated carbocycles. The van der Waals surface area contributed by atoms with Crippen LogP contribution >= 0.6 is 0 Å². The molecule has 0 unspecified atom stereocenters. The van der Waals surface area contributed by atoms with Gasteiger partial charge in [-0.1, -0.05) is 19.1 Å². The lowest BCUT2D eigenvalue weighted by atomic mass is 10.00. The molecule has 0 aliphatic heterocycles. The van der Waals surface area contributed by atoms with Crippen molar-refractivity contribution < 1.29 is 0 Å². The Labute approximate surface area is 121 Å². The quantitative estimate of drug-likeness (QED) is 0.904. The SMILES string of the molecule is CCCNc1nnc(-c2ccc(C)c(C)c2)c(C)c1C. The van der Waals surface area contributed by atoms with Crippen LogP contribution in [0.25, 0.3) is 11.3 Å². The first kappa shape index (κ1) is 14.5. The number of aromatic nitrogens is 2. The summed E-state index contributed by atoms with van der Waals surface area (Å²) in [6.45, 7) is 11.6. The highest BCUT2D eigenvalue weighted by Gasteiger charge is 2.11. The van der Waals surface area contributed by atoms with Crippen LogP contribution in [0.4, 0.5) is 5.82 Å². The first-order valence-electron chi connectivity index (χ1n) is 7.20. The minimum absolute atomic E-state index is 0.900. The van der Waals surface area contributed by atoms with Crippen LogP contribution in [0.2, 0.25) is 0 Å². The molecule has 20 heavy (non-hydrogen) atoms. The third-order valence-corrected chi connectivity index (χ3v) is 3.85. The molecule has 0 amide bonds. The average Bonchev–Trinajstić information content (AvgIpc) is 2.44. The largest absolute Gasteiger partial charge is 0.368 e. The Hall–Kier alpha value is -1.90. The maximum absolute atomic E-state index is 4.42. The second-order valence-corrected chi connectivity index (χ2v) is 5.37. The van der Waals surface area contributed by atoms with E-state index in [1.165, 1.54) is 22.3 Å². The number of benzene rings is 1. The minimum Gasteiger partial charge on any atom is -0.368 e. The van der Waals surface area contributed by atoms with Crippen LogP contribution in [0.15, 0.2) is 18.2 Å². The molecule has 106 valence electrons. The fourth-order valence-electron chi connectivity index (χ4n) is 2.18. The smallest absolute Gasteiger partial charge is 0.151 e. The van der Waals surface area contributed by atoms with Gasteiger partial charge in [-0.05, 0) is 62.4 Å². The van der Waals surface area contributed by atoms with Gasteiger partial charge < -0.3 is 5.32 Å². The van der Waals surface area contributed by atoms with Crippen molar-refractivity contribution in [2.24, 2.45) is 0 Å². The van der Waals surface area contributed by atoms with Gasteiger partial charge in [-0.25, -0.2) is 0 Å². The Balaban J connectivity index is 2.42. The highest BCUT2D eigenvalue weighted by atomic mass is 15.2. The van der Waals surface area contributed by atoms with Gasteiger partial charge in [0.2, 0.25) is 0 Å². The van der Waals surface area contributed by atoms with Crippen LogP contribution in [0.5, 0.6) is 0 Å². The molecule has 0 aliphatic rings. The van der Waals surface area contributed by atoms with E-state index in [4.69, 9.17) is 0 Å². The predicted molar refractivity (Wildman–Crippen MR) is 85.2 cm³/mol. The fourth-order valence-corrected chi connectivity index (χ4v) is 2.18. The Morgan fingerprint density at radius 2 is 1.70 bits per heavy atom. The number of nitrogens with zero attached hydrogens (tertiary/aromatic N) is 2. The lowest BCUT2D eigenvalue weighted by molar-refractivity contribution is 0.932. The summed E-state index contributed by atoms with van der Waals surface area (Å²) in [7, 11) is 0. The molecule has 0 aliphatic carbocycles. The summed E-state index contributed by atoms with van der Waals surface area (Å²) in [5.41, 5.74) is 7.09. The van der Waals surface area contributed by atoms with Gasteiger partial charge in [0.05, 0.1) is 5.69 Å². The van der Waals surface area contributed by atoms with E-state index in [0.29, 0.717) is 0 Å². The molecule has 3 heteroatoms. The summed E-state index contributed by atoms with van der Waals surface area (Å²) in [6, 6.07) is 6.45. The van der Waals surface area contributed by atoms with Crippen LogP contribution < -0.4 is 5.32 Å². The maximum atomic E-state index is 4.42. The van der Waals surface area contributed by atoms with Gasteiger partial charge in [0.25, 0.3) is 0 Å². The zero-order valence-corrected chi connectivity index (χ0v) is 13.0. The van der Waals surface area contributed by atoms with Gasteiger partial charge >= 0.3 is 0 Å². The number of hydrogen-bond acceptors (Lipinski definition) is 3. The number of hydrogen-bond donors (Lipinski definition) is 1. The Morgan fingerprint density at radius 1 is 0.950 bits per heavy atom. The molecule has 1 N–H and O–H groups in total. The second kappa shape index (κ2) is 6.04. The molecule has 0 saturated heterocycles. The Bertz CT molecular complexity index is 618. The van der Waals surface area contributed by atoms with Crippen molar-refractivity contribution in [1.82, 2.24) is 10.2 Å². The Morgan fingerprint density at radius 3 is 2.35 bits per heavy atom. The van der Waals surface area contributed by atoms with Crippen LogP contribution in [0.3, 0.4) is 0 Å². The number of aryl methyl sites for hydroxylation is 2. The highest BCUT2D eigenvalue weighted by molar-refractivity contribution is 5.67. The fraction of sp³-hybridized carbons (Fsp3) is 0.412. The van der Waals surface area contributed by atoms with Crippen LogP contribution in [0.1, 0.15) is 35.6 Å². The van der Waals surface area contributed by atoms with Crippen LogP contribution in [0, 0.1) is 27.7 Å². The molecule has 0 atom stereocenters. The van der Waals surface area contributed by atoms with E-state index in [1.54, 1.807) is 0 Å². The number of anilines is 1. The molecule has 1 aromatic heterocycles. The van der Waals surface area contributed by atoms with Crippen molar-refractivity contribution in [3.63, 3.8) is 0 Å². The molecule has 1 heterocycles. The standard InChI is InChI=1S/C17H23N3/c1-6-9-18-17-14(5)13(4)16(19-20-17)15-8-7-11(2)12(3)10-15/h7-8,10H,6,9H2,1-5H3,(H,18,20). The summed E-state index contributed by atoms with van der Waals surface area (Å²) < 4.78 is 0. The minimum atomic E-state index is 0.900. The van der Waals surface area contributed by atoms with Crippen LogP contribution in [-0.2, 0) is 0 Å². The van der Waals surface area contributed by atoms with Crippen molar-refractivity contribution >= 4 is 5.82 Å². The van der Waals surface area contributed by atoms with E-state index in [0.717, 1.165) is 30.0 Å². The normalized spacial score (nSPS) is 10.7. The van der Waals surface area contributed by atoms with Gasteiger partial charge in [0.1, 0.15) is 0 Å². The zero-order chi connectivity index (χ0) is 14.7. The molecule has 1 aromatic carbocycles. The average molecular weight is 269 g/mol. The first-order chi connectivity index (χ1) is 9.54. The lowest BCUT2D eigenvalue weighted by Gasteiger charge is -2.13. The van der Waals surface area contributed by atoms with Gasteiger partial charge in [-0.15, -0.1) is 10.2 Å². The third-order valence-electron chi connectivity index (χ3n) is 3.85. The molecule has 2 aromatic rings. The number of nitrogens with one attached hydrogen (secondary N) is 1. The first-order valence-corrected chi connectivity index (χ1v) is 7.20. The van der Waals surface area contributed by atoms with E-state index < -0.39 is 0 Å². The molecule has 0 fully saturated rings. The van der Waals surface area contributed by atoms with Crippen molar-refractivity contribution in [2.45, 2.75) is 41.0 Å². The predicted octanol–water partition coefficient (Wildman–Crippen LogP) is 4.20.